The summed E-state index contributed by atoms with van der Waals surface area (Å²) in [5.74, 6) is -0.446. The van der Waals surface area contributed by atoms with E-state index in [2.05, 4.69) is 34.6 Å². The molecule has 0 spiro atoms. The Morgan fingerprint density at radius 2 is 2.40 bits per heavy atom. The van der Waals surface area contributed by atoms with Crippen molar-refractivity contribution < 1.29 is 9.47 Å². The third kappa shape index (κ3) is 2.51. The van der Waals surface area contributed by atoms with Crippen LogP contribution in [0.25, 0.3) is 0 Å². The van der Waals surface area contributed by atoms with E-state index in [1.165, 1.54) is 9.26 Å². The molecular formula is C10H15IN2O2. The molecule has 0 unspecified atom stereocenters. The molecule has 0 aliphatic carbocycles. The highest BCUT2D eigenvalue weighted by molar-refractivity contribution is 14.1. The zero-order valence-corrected chi connectivity index (χ0v) is 11.3. The van der Waals surface area contributed by atoms with E-state index in [0.29, 0.717) is 6.61 Å². The molecule has 1 aromatic rings. The first-order valence-corrected chi connectivity index (χ1v) is 6.05. The minimum absolute atomic E-state index is 0.106. The molecule has 1 saturated heterocycles. The van der Waals surface area contributed by atoms with Gasteiger partial charge in [-0.2, -0.15) is 5.10 Å². The van der Waals surface area contributed by atoms with Gasteiger partial charge >= 0.3 is 0 Å². The predicted octanol–water partition coefficient (Wildman–Crippen LogP) is 1.95. The Morgan fingerprint density at radius 3 is 2.87 bits per heavy atom. The first-order valence-electron chi connectivity index (χ1n) is 4.97. The monoisotopic (exact) mass is 322 g/mol. The molecule has 0 bridgehead atoms. The van der Waals surface area contributed by atoms with Crippen molar-refractivity contribution in [3.63, 3.8) is 0 Å². The molecule has 84 valence electrons. The number of nitrogens with zero attached hydrogens (tertiary/aromatic N) is 2. The van der Waals surface area contributed by atoms with Crippen molar-refractivity contribution in [1.82, 2.24) is 9.78 Å². The molecule has 1 aromatic heterocycles. The molecule has 0 radical (unpaired) electrons. The summed E-state index contributed by atoms with van der Waals surface area (Å²) in [7, 11) is 0. The van der Waals surface area contributed by atoms with Gasteiger partial charge in [0.05, 0.1) is 22.9 Å². The largest absolute Gasteiger partial charge is 0.348 e. The van der Waals surface area contributed by atoms with E-state index < -0.39 is 5.79 Å². The van der Waals surface area contributed by atoms with E-state index >= 15 is 0 Å². The van der Waals surface area contributed by atoms with Crippen LogP contribution in [0.15, 0.2) is 6.20 Å². The number of halogens is 1. The fourth-order valence-electron chi connectivity index (χ4n) is 1.65. The summed E-state index contributed by atoms with van der Waals surface area (Å²) in [5.41, 5.74) is 1.18. The van der Waals surface area contributed by atoms with Crippen molar-refractivity contribution in [2.45, 2.75) is 39.2 Å². The highest BCUT2D eigenvalue weighted by atomic mass is 127. The van der Waals surface area contributed by atoms with E-state index in [9.17, 15) is 0 Å². The molecule has 2 heterocycles. The van der Waals surface area contributed by atoms with Gasteiger partial charge in [0, 0.05) is 5.69 Å². The van der Waals surface area contributed by atoms with Crippen molar-refractivity contribution in [2.75, 3.05) is 6.61 Å². The lowest BCUT2D eigenvalue weighted by Gasteiger charge is -2.17. The lowest BCUT2D eigenvalue weighted by atomic mass is 10.3. The molecule has 0 aromatic carbocycles. The van der Waals surface area contributed by atoms with Crippen LogP contribution in [-0.4, -0.2) is 28.3 Å². The van der Waals surface area contributed by atoms with Gasteiger partial charge in [0.2, 0.25) is 0 Å². The van der Waals surface area contributed by atoms with Gasteiger partial charge < -0.3 is 9.47 Å². The maximum absolute atomic E-state index is 5.73. The second-order valence-corrected chi connectivity index (χ2v) is 5.37. The Kier molecular flexibility index (Phi) is 3.05. The Balaban J connectivity index is 2.02. The van der Waals surface area contributed by atoms with Gasteiger partial charge in [0.15, 0.2) is 5.79 Å². The molecular weight excluding hydrogens is 307 g/mol. The van der Waals surface area contributed by atoms with E-state index in [0.717, 1.165) is 6.54 Å². The summed E-state index contributed by atoms with van der Waals surface area (Å²) in [6.45, 7) is 7.34. The van der Waals surface area contributed by atoms with Crippen molar-refractivity contribution >= 4 is 22.6 Å². The number of hydrogen-bond donors (Lipinski definition) is 0. The van der Waals surface area contributed by atoms with Gasteiger partial charge in [-0.25, -0.2) is 0 Å². The van der Waals surface area contributed by atoms with Gasteiger partial charge in [-0.3, -0.25) is 4.68 Å². The third-order valence-corrected chi connectivity index (χ3v) is 3.55. The molecule has 1 fully saturated rings. The molecule has 0 N–H and O–H groups in total. The van der Waals surface area contributed by atoms with Crippen LogP contribution in [-0.2, 0) is 16.0 Å². The number of rotatable bonds is 2. The maximum atomic E-state index is 5.73. The summed E-state index contributed by atoms with van der Waals surface area (Å²) in [4.78, 5) is 0. The van der Waals surface area contributed by atoms with Crippen molar-refractivity contribution in [3.8, 4) is 0 Å². The maximum Gasteiger partial charge on any atom is 0.163 e. The lowest BCUT2D eigenvalue weighted by molar-refractivity contribution is -0.139. The van der Waals surface area contributed by atoms with Crippen LogP contribution in [0.5, 0.6) is 0 Å². The number of aromatic nitrogens is 2. The minimum atomic E-state index is -0.446. The second kappa shape index (κ2) is 4.03. The van der Waals surface area contributed by atoms with E-state index in [1.54, 1.807) is 0 Å². The smallest absolute Gasteiger partial charge is 0.163 e. The van der Waals surface area contributed by atoms with Crippen molar-refractivity contribution in [1.29, 1.82) is 0 Å². The zero-order valence-electron chi connectivity index (χ0n) is 9.16. The quantitative estimate of drug-likeness (QED) is 0.781. The molecule has 1 aliphatic heterocycles. The first-order chi connectivity index (χ1) is 6.98. The average Bonchev–Trinajstić information content (AvgIpc) is 2.63. The van der Waals surface area contributed by atoms with E-state index in [-0.39, 0.29) is 6.10 Å². The topological polar surface area (TPSA) is 36.3 Å². The fraction of sp³-hybridized carbons (Fsp3) is 0.700. The van der Waals surface area contributed by atoms with Gasteiger partial charge in [0.1, 0.15) is 6.10 Å². The number of hydrogen-bond acceptors (Lipinski definition) is 3. The third-order valence-electron chi connectivity index (χ3n) is 2.49. The van der Waals surface area contributed by atoms with Crippen LogP contribution >= 0.6 is 22.6 Å². The summed E-state index contributed by atoms with van der Waals surface area (Å²) in [6, 6.07) is 0. The van der Waals surface area contributed by atoms with Gasteiger partial charge in [0.25, 0.3) is 0 Å². The lowest BCUT2D eigenvalue weighted by Crippen LogP contribution is -2.24. The molecule has 15 heavy (non-hydrogen) atoms. The van der Waals surface area contributed by atoms with Gasteiger partial charge in [-0.15, -0.1) is 0 Å². The second-order valence-electron chi connectivity index (χ2n) is 4.21. The summed E-state index contributed by atoms with van der Waals surface area (Å²) in [6.07, 6.45) is 1.98. The SMILES string of the molecule is Cc1c(I)cnn1C[C@@H]1COC(C)(C)O1. The standard InChI is InChI=1S/C10H15IN2O2/c1-7-9(11)4-12-13(7)5-8-6-14-10(2,3)15-8/h4,8H,5-6H2,1-3H3/t8-/m1/s1. The van der Waals surface area contributed by atoms with Crippen LogP contribution in [0.3, 0.4) is 0 Å². The summed E-state index contributed by atoms with van der Waals surface area (Å²) >= 11 is 2.28. The van der Waals surface area contributed by atoms with Gasteiger partial charge in [-0.1, -0.05) is 0 Å². The normalized spacial score (nSPS) is 24.7. The van der Waals surface area contributed by atoms with E-state index in [1.807, 2.05) is 24.7 Å². The molecule has 5 heteroatoms. The van der Waals surface area contributed by atoms with Crippen molar-refractivity contribution in [3.05, 3.63) is 15.5 Å². The zero-order chi connectivity index (χ0) is 11.1. The van der Waals surface area contributed by atoms with Crippen molar-refractivity contribution in [2.24, 2.45) is 0 Å². The molecule has 1 atom stereocenters. The van der Waals surface area contributed by atoms with E-state index in [4.69, 9.17) is 9.47 Å². The minimum Gasteiger partial charge on any atom is -0.348 e. The van der Waals surface area contributed by atoms with Crippen LogP contribution < -0.4 is 0 Å². The molecule has 0 amide bonds. The van der Waals surface area contributed by atoms with Crippen LogP contribution in [0, 0.1) is 10.5 Å². The summed E-state index contributed by atoms with van der Waals surface area (Å²) < 4.78 is 14.4. The van der Waals surface area contributed by atoms with Crippen LogP contribution in [0.4, 0.5) is 0 Å². The predicted molar refractivity (Wildman–Crippen MR) is 64.6 cm³/mol. The molecule has 0 saturated carbocycles. The number of ether oxygens (including phenoxy) is 2. The first kappa shape index (κ1) is 11.3. The van der Waals surface area contributed by atoms with Crippen LogP contribution in [0.2, 0.25) is 0 Å². The molecule has 2 rings (SSSR count). The Morgan fingerprint density at radius 1 is 1.67 bits per heavy atom. The molecule has 1 aliphatic rings. The van der Waals surface area contributed by atoms with Crippen LogP contribution in [0.1, 0.15) is 19.5 Å². The Bertz CT molecular complexity index is 362. The van der Waals surface area contributed by atoms with Gasteiger partial charge in [-0.05, 0) is 43.4 Å². The molecule has 4 nitrogen and oxygen atoms in total. The fourth-order valence-corrected chi connectivity index (χ4v) is 2.06. The highest BCUT2D eigenvalue weighted by Crippen LogP contribution is 2.23. The Labute approximate surface area is 103 Å². The highest BCUT2D eigenvalue weighted by Gasteiger charge is 2.33. The average molecular weight is 322 g/mol. The summed E-state index contributed by atoms with van der Waals surface area (Å²) in [5, 5.41) is 4.30. The Hall–Kier alpha value is -0.140.